The average molecular weight is 619 g/mol. The van der Waals surface area contributed by atoms with Gasteiger partial charge in [0.25, 0.3) is 11.5 Å². The molecule has 0 atom stereocenters. The highest BCUT2D eigenvalue weighted by Gasteiger charge is 2.33. The second kappa shape index (κ2) is 12.0. The molecule has 45 heavy (non-hydrogen) atoms. The monoisotopic (exact) mass is 618 g/mol. The normalized spacial score (nSPS) is 14.6. The lowest BCUT2D eigenvalue weighted by molar-refractivity contribution is -0.150. The summed E-state index contributed by atoms with van der Waals surface area (Å²) < 4.78 is 41.6. The van der Waals surface area contributed by atoms with Gasteiger partial charge in [-0.05, 0) is 56.7 Å². The quantitative estimate of drug-likeness (QED) is 0.333. The average Bonchev–Trinajstić information content (AvgIpc) is 2.98. The Morgan fingerprint density at radius 1 is 1.07 bits per heavy atom. The predicted molar refractivity (Wildman–Crippen MR) is 157 cm³/mol. The van der Waals surface area contributed by atoms with Gasteiger partial charge in [0.05, 0.1) is 37.1 Å². The number of amides is 2. The van der Waals surface area contributed by atoms with Gasteiger partial charge in [-0.2, -0.15) is 0 Å². The molecule has 0 saturated carbocycles. The van der Waals surface area contributed by atoms with Crippen molar-refractivity contribution in [2.24, 2.45) is 5.92 Å². The van der Waals surface area contributed by atoms with E-state index in [-0.39, 0.29) is 46.9 Å². The predicted octanol–water partition coefficient (Wildman–Crippen LogP) is 3.22. The van der Waals surface area contributed by atoms with Crippen LogP contribution in [0.3, 0.4) is 0 Å². The lowest BCUT2D eigenvalue weighted by Gasteiger charge is -2.34. The number of benzene rings is 2. The SMILES string of the molecule is CC(C)n1cc(C(=O)Nc2ccc(Oc3ncnc4c3CCN(C(=O)C3COC3)C4)c(F)c2)c(=O)n(-c2ccc(F)cc2)c1=O. The lowest BCUT2D eigenvalue weighted by Crippen LogP contribution is -2.46. The second-order valence-electron chi connectivity index (χ2n) is 11.0. The third kappa shape index (κ3) is 5.83. The fourth-order valence-electron chi connectivity index (χ4n) is 5.12. The van der Waals surface area contributed by atoms with Crippen LogP contribution in [0.15, 0.2) is 64.6 Å². The third-order valence-electron chi connectivity index (χ3n) is 7.66. The number of fused-ring (bicyclic) bond motifs is 1. The second-order valence-corrected chi connectivity index (χ2v) is 11.0. The maximum absolute atomic E-state index is 15.2. The van der Waals surface area contributed by atoms with Gasteiger partial charge in [-0.1, -0.05) is 0 Å². The minimum absolute atomic E-state index is 0.00836. The molecule has 0 unspecified atom stereocenters. The zero-order chi connectivity index (χ0) is 31.8. The number of nitrogens with zero attached hydrogens (tertiary/aromatic N) is 5. The van der Waals surface area contributed by atoms with Crippen LogP contribution < -0.4 is 21.3 Å². The van der Waals surface area contributed by atoms with Crippen molar-refractivity contribution in [3.8, 4) is 17.3 Å². The lowest BCUT2D eigenvalue weighted by atomic mass is 10.0. The molecule has 2 aromatic carbocycles. The number of nitrogens with one attached hydrogen (secondary N) is 1. The first kappa shape index (κ1) is 29.8. The van der Waals surface area contributed by atoms with Crippen molar-refractivity contribution in [1.29, 1.82) is 0 Å². The highest BCUT2D eigenvalue weighted by atomic mass is 19.1. The summed E-state index contributed by atoms with van der Waals surface area (Å²) in [6.07, 6.45) is 2.86. The van der Waals surface area contributed by atoms with Crippen LogP contribution in [0.2, 0.25) is 0 Å². The zero-order valence-corrected chi connectivity index (χ0v) is 24.3. The summed E-state index contributed by atoms with van der Waals surface area (Å²) in [4.78, 5) is 62.4. The molecule has 232 valence electrons. The van der Waals surface area contributed by atoms with E-state index in [1.54, 1.807) is 18.7 Å². The first-order valence-electron chi connectivity index (χ1n) is 14.2. The first-order chi connectivity index (χ1) is 21.6. The summed E-state index contributed by atoms with van der Waals surface area (Å²) in [7, 11) is 0. The van der Waals surface area contributed by atoms with Crippen LogP contribution in [0.25, 0.3) is 5.69 Å². The smallest absolute Gasteiger partial charge is 0.335 e. The van der Waals surface area contributed by atoms with Crippen molar-refractivity contribution in [3.63, 3.8) is 0 Å². The summed E-state index contributed by atoms with van der Waals surface area (Å²) in [5.74, 6) is -2.39. The topological polar surface area (TPSA) is 138 Å². The van der Waals surface area contributed by atoms with Crippen molar-refractivity contribution < 1.29 is 27.8 Å². The molecular formula is C31H28F2N6O6. The molecule has 1 N–H and O–H groups in total. The van der Waals surface area contributed by atoms with Gasteiger partial charge in [-0.25, -0.2) is 28.1 Å². The van der Waals surface area contributed by atoms with Gasteiger partial charge in [0.15, 0.2) is 11.6 Å². The van der Waals surface area contributed by atoms with E-state index in [1.807, 2.05) is 0 Å². The van der Waals surface area contributed by atoms with Gasteiger partial charge in [0.1, 0.15) is 17.7 Å². The standard InChI is InChI=1S/C31H28F2N6O6/c1-17(2)38-12-23(30(42)39(31(38)43)21-6-3-19(32)4-7-21)27(40)36-20-5-8-26(24(33)11-20)45-28-22-9-10-37(13-25(22)34-16-35-28)29(41)18-14-44-15-18/h3-8,11-12,16-18H,9-10,13-15H2,1-2H3,(H,36,40). The maximum atomic E-state index is 15.2. The Morgan fingerprint density at radius 3 is 2.49 bits per heavy atom. The molecule has 0 bridgehead atoms. The van der Waals surface area contributed by atoms with E-state index >= 15 is 4.39 Å². The molecule has 2 aromatic heterocycles. The number of rotatable bonds is 7. The Balaban J connectivity index is 1.22. The highest BCUT2D eigenvalue weighted by molar-refractivity contribution is 6.03. The van der Waals surface area contributed by atoms with Crippen molar-refractivity contribution in [2.75, 3.05) is 25.1 Å². The van der Waals surface area contributed by atoms with Gasteiger partial charge in [0, 0.05) is 36.1 Å². The van der Waals surface area contributed by atoms with Crippen LogP contribution in [0.4, 0.5) is 14.5 Å². The van der Waals surface area contributed by atoms with Crippen LogP contribution in [0.5, 0.6) is 11.6 Å². The van der Waals surface area contributed by atoms with E-state index in [2.05, 4.69) is 15.3 Å². The molecule has 14 heteroatoms. The molecule has 0 spiro atoms. The Bertz CT molecular complexity index is 1920. The Hall–Kier alpha value is -5.24. The molecule has 2 aliphatic rings. The van der Waals surface area contributed by atoms with E-state index in [0.29, 0.717) is 37.4 Å². The molecule has 1 saturated heterocycles. The van der Waals surface area contributed by atoms with Gasteiger partial charge in [-0.15, -0.1) is 0 Å². The minimum atomic E-state index is -0.920. The van der Waals surface area contributed by atoms with Crippen molar-refractivity contribution in [3.05, 3.63) is 104 Å². The zero-order valence-electron chi connectivity index (χ0n) is 24.3. The molecule has 4 heterocycles. The Labute approximate surface area is 254 Å². The van der Waals surface area contributed by atoms with E-state index < -0.39 is 34.8 Å². The molecular weight excluding hydrogens is 590 g/mol. The fourth-order valence-corrected chi connectivity index (χ4v) is 5.12. The fraction of sp³-hybridized carbons (Fsp3) is 0.290. The number of aromatic nitrogens is 4. The van der Waals surface area contributed by atoms with Crippen LogP contribution in [0, 0.1) is 17.6 Å². The Kier molecular flexibility index (Phi) is 7.97. The number of hydrogen-bond donors (Lipinski definition) is 1. The third-order valence-corrected chi connectivity index (χ3v) is 7.66. The van der Waals surface area contributed by atoms with Crippen LogP contribution in [0.1, 0.15) is 41.5 Å². The summed E-state index contributed by atoms with van der Waals surface area (Å²) >= 11 is 0. The van der Waals surface area contributed by atoms with Crippen molar-refractivity contribution in [1.82, 2.24) is 24.0 Å². The van der Waals surface area contributed by atoms with Crippen molar-refractivity contribution >= 4 is 17.5 Å². The van der Waals surface area contributed by atoms with Crippen LogP contribution >= 0.6 is 0 Å². The van der Waals surface area contributed by atoms with Gasteiger partial charge < -0.3 is 19.7 Å². The number of ether oxygens (including phenoxy) is 2. The largest absolute Gasteiger partial charge is 0.436 e. The maximum Gasteiger partial charge on any atom is 0.335 e. The molecule has 1 fully saturated rings. The number of anilines is 1. The van der Waals surface area contributed by atoms with E-state index in [9.17, 15) is 23.6 Å². The summed E-state index contributed by atoms with van der Waals surface area (Å²) in [6.45, 7) is 4.94. The molecule has 12 nitrogen and oxygen atoms in total. The summed E-state index contributed by atoms with van der Waals surface area (Å²) in [5, 5.41) is 2.49. The van der Waals surface area contributed by atoms with Crippen molar-refractivity contribution in [2.45, 2.75) is 32.9 Å². The summed E-state index contributed by atoms with van der Waals surface area (Å²) in [6, 6.07) is 8.01. The van der Waals surface area contributed by atoms with E-state index in [4.69, 9.17) is 9.47 Å². The molecule has 0 aliphatic carbocycles. The number of hydrogen-bond acceptors (Lipinski definition) is 8. The van der Waals surface area contributed by atoms with Gasteiger partial charge in [-0.3, -0.25) is 19.0 Å². The number of halogens is 2. The van der Waals surface area contributed by atoms with Crippen LogP contribution in [-0.4, -0.2) is 55.6 Å². The molecule has 2 aliphatic heterocycles. The minimum Gasteiger partial charge on any atom is -0.436 e. The molecule has 4 aromatic rings. The first-order valence-corrected chi connectivity index (χ1v) is 14.2. The molecule has 2 amide bonds. The van der Waals surface area contributed by atoms with Gasteiger partial charge in [0.2, 0.25) is 11.8 Å². The summed E-state index contributed by atoms with van der Waals surface area (Å²) in [5.41, 5.74) is -0.612. The Morgan fingerprint density at radius 2 is 1.82 bits per heavy atom. The van der Waals surface area contributed by atoms with E-state index in [0.717, 1.165) is 29.0 Å². The number of carbonyl (C=O) groups excluding carboxylic acids is 2. The molecule has 0 radical (unpaired) electrons. The van der Waals surface area contributed by atoms with Crippen LogP contribution in [-0.2, 0) is 22.5 Å². The highest BCUT2D eigenvalue weighted by Crippen LogP contribution is 2.31. The van der Waals surface area contributed by atoms with Gasteiger partial charge >= 0.3 is 5.69 Å². The molecule has 6 rings (SSSR count). The van der Waals surface area contributed by atoms with E-state index in [1.165, 1.54) is 35.2 Å². The number of carbonyl (C=O) groups is 2.